The van der Waals surface area contributed by atoms with Crippen molar-refractivity contribution in [2.24, 2.45) is 0 Å². The number of aromatic amines is 1. The molecule has 1 N–H and O–H groups in total. The molecule has 0 aliphatic carbocycles. The zero-order chi connectivity index (χ0) is 16.5. The number of aryl methyl sites for hydroxylation is 1. The van der Waals surface area contributed by atoms with E-state index in [1.807, 2.05) is 29.4 Å². The number of carbonyl (C=O) groups is 1. The van der Waals surface area contributed by atoms with Crippen molar-refractivity contribution in [3.05, 3.63) is 58.5 Å². The van der Waals surface area contributed by atoms with E-state index in [9.17, 15) is 4.79 Å². The van der Waals surface area contributed by atoms with E-state index in [-0.39, 0.29) is 5.91 Å². The van der Waals surface area contributed by atoms with Crippen LogP contribution in [-0.4, -0.2) is 26.9 Å². The highest BCUT2D eigenvalue weighted by Gasteiger charge is 2.24. The van der Waals surface area contributed by atoms with Crippen molar-refractivity contribution in [1.82, 2.24) is 14.5 Å². The van der Waals surface area contributed by atoms with Gasteiger partial charge in [0.1, 0.15) is 0 Å². The van der Waals surface area contributed by atoms with Crippen molar-refractivity contribution in [2.45, 2.75) is 32.4 Å². The molecule has 4 nitrogen and oxygen atoms in total. The number of nitrogens with one attached hydrogen (secondary N) is 1. The first-order valence-corrected chi connectivity index (χ1v) is 9.18. The number of para-hydroxylation sites is 1. The predicted octanol–water partition coefficient (Wildman–Crippen LogP) is 4.10. The number of aromatic nitrogens is 2. The maximum Gasteiger partial charge on any atom is 0.222 e. The van der Waals surface area contributed by atoms with E-state index in [0.29, 0.717) is 13.0 Å². The molecule has 0 radical (unpaired) electrons. The van der Waals surface area contributed by atoms with Crippen LogP contribution in [0.25, 0.3) is 10.9 Å². The Morgan fingerprint density at radius 1 is 1.21 bits per heavy atom. The molecule has 1 amide bonds. The van der Waals surface area contributed by atoms with Crippen LogP contribution in [0.2, 0.25) is 0 Å². The summed E-state index contributed by atoms with van der Waals surface area (Å²) in [5.74, 6) is 0.261. The fourth-order valence-corrected chi connectivity index (χ4v) is 3.97. The molecule has 0 fully saturated rings. The lowest BCUT2D eigenvalue weighted by Crippen LogP contribution is -2.35. The second kappa shape index (κ2) is 6.48. The molecule has 1 aliphatic heterocycles. The minimum absolute atomic E-state index is 0.261. The lowest BCUT2D eigenvalue weighted by atomic mass is 10.0. The van der Waals surface area contributed by atoms with Gasteiger partial charge in [0.15, 0.2) is 0 Å². The molecule has 24 heavy (non-hydrogen) atoms. The van der Waals surface area contributed by atoms with E-state index in [4.69, 9.17) is 0 Å². The van der Waals surface area contributed by atoms with E-state index in [2.05, 4.69) is 43.7 Å². The number of benzene rings is 1. The number of carbonyl (C=O) groups excluding carboxylic acids is 1. The fraction of sp³-hybridized carbons (Fsp3) is 0.316. The first-order valence-electron chi connectivity index (χ1n) is 8.39. The highest BCUT2D eigenvalue weighted by molar-refractivity contribution is 9.10. The minimum Gasteiger partial charge on any atom is -0.357 e. The second-order valence-electron chi connectivity index (χ2n) is 6.33. The normalized spacial score (nSPS) is 14.1. The average Bonchev–Trinajstić information content (AvgIpc) is 3.22. The average molecular weight is 386 g/mol. The molecule has 3 heterocycles. The smallest absolute Gasteiger partial charge is 0.222 e. The molecule has 4 rings (SSSR count). The highest BCUT2D eigenvalue weighted by Crippen LogP contribution is 2.31. The summed E-state index contributed by atoms with van der Waals surface area (Å²) in [7, 11) is 0. The van der Waals surface area contributed by atoms with Crippen molar-refractivity contribution in [3.63, 3.8) is 0 Å². The third kappa shape index (κ3) is 2.88. The van der Waals surface area contributed by atoms with E-state index in [1.165, 1.54) is 16.6 Å². The third-order valence-corrected chi connectivity index (χ3v) is 5.45. The molecular formula is C19H20BrN3O. The molecule has 1 aliphatic rings. The molecule has 3 aromatic rings. The monoisotopic (exact) mass is 385 g/mol. The van der Waals surface area contributed by atoms with Crippen molar-refractivity contribution in [1.29, 1.82) is 0 Å². The van der Waals surface area contributed by atoms with Gasteiger partial charge < -0.3 is 14.5 Å². The van der Waals surface area contributed by atoms with Gasteiger partial charge in [-0.2, -0.15) is 0 Å². The molecule has 2 aromatic heterocycles. The molecule has 124 valence electrons. The maximum absolute atomic E-state index is 12.6. The number of H-pyrrole nitrogens is 1. The van der Waals surface area contributed by atoms with Gasteiger partial charge in [-0.15, -0.1) is 0 Å². The van der Waals surface area contributed by atoms with Crippen LogP contribution < -0.4 is 0 Å². The Morgan fingerprint density at radius 3 is 2.88 bits per heavy atom. The zero-order valence-electron chi connectivity index (χ0n) is 13.5. The Labute approximate surface area is 149 Å². The van der Waals surface area contributed by atoms with Crippen molar-refractivity contribution >= 4 is 32.7 Å². The van der Waals surface area contributed by atoms with Crippen LogP contribution in [-0.2, 0) is 24.3 Å². The number of hydrogen-bond donors (Lipinski definition) is 1. The van der Waals surface area contributed by atoms with Gasteiger partial charge >= 0.3 is 0 Å². The fourth-order valence-electron chi connectivity index (χ4n) is 3.51. The van der Waals surface area contributed by atoms with E-state index in [0.717, 1.165) is 35.9 Å². The summed E-state index contributed by atoms with van der Waals surface area (Å²) < 4.78 is 3.21. The van der Waals surface area contributed by atoms with Gasteiger partial charge in [-0.1, -0.05) is 12.1 Å². The molecule has 0 bridgehead atoms. The molecule has 1 aromatic carbocycles. The summed E-state index contributed by atoms with van der Waals surface area (Å²) in [6.07, 6.45) is 6.48. The predicted molar refractivity (Wildman–Crippen MR) is 98.8 cm³/mol. The van der Waals surface area contributed by atoms with Crippen LogP contribution >= 0.6 is 15.9 Å². The molecular weight excluding hydrogens is 366 g/mol. The van der Waals surface area contributed by atoms with Crippen LogP contribution in [0, 0.1) is 0 Å². The van der Waals surface area contributed by atoms with Gasteiger partial charge in [0.05, 0.1) is 5.52 Å². The van der Waals surface area contributed by atoms with Crippen LogP contribution in [0.15, 0.2) is 47.2 Å². The lowest BCUT2D eigenvalue weighted by molar-refractivity contribution is -0.132. The zero-order valence-corrected chi connectivity index (χ0v) is 15.1. The number of halogens is 1. The molecule has 0 unspecified atom stereocenters. The summed E-state index contributed by atoms with van der Waals surface area (Å²) in [5, 5.41) is 1.23. The number of hydrogen-bond acceptors (Lipinski definition) is 1. The van der Waals surface area contributed by atoms with Crippen molar-refractivity contribution in [2.75, 3.05) is 6.54 Å². The Bertz CT molecular complexity index is 866. The standard InChI is InChI=1S/C19H20BrN3O/c20-16-6-3-5-14-15-13-23(12-8-17(15)21-19(14)16)18(24)7-4-11-22-9-1-2-10-22/h1-3,5-6,9-10,21H,4,7-8,11-13H2. The van der Waals surface area contributed by atoms with Gasteiger partial charge in [0.2, 0.25) is 5.91 Å². The molecule has 0 saturated heterocycles. The summed E-state index contributed by atoms with van der Waals surface area (Å²) in [6, 6.07) is 10.3. The minimum atomic E-state index is 0.261. The Kier molecular flexibility index (Phi) is 4.19. The van der Waals surface area contributed by atoms with Gasteiger partial charge in [-0.3, -0.25) is 4.79 Å². The number of rotatable bonds is 4. The lowest BCUT2D eigenvalue weighted by Gasteiger charge is -2.27. The van der Waals surface area contributed by atoms with Gasteiger partial charge in [-0.05, 0) is 40.5 Å². The van der Waals surface area contributed by atoms with E-state index in [1.54, 1.807) is 0 Å². The molecule has 0 saturated carbocycles. The van der Waals surface area contributed by atoms with Gasteiger partial charge in [-0.25, -0.2) is 0 Å². The first kappa shape index (κ1) is 15.5. The summed E-state index contributed by atoms with van der Waals surface area (Å²) >= 11 is 3.61. The highest BCUT2D eigenvalue weighted by atomic mass is 79.9. The topological polar surface area (TPSA) is 41.0 Å². The molecule has 5 heteroatoms. The van der Waals surface area contributed by atoms with Gasteiger partial charge in [0.25, 0.3) is 0 Å². The van der Waals surface area contributed by atoms with Crippen LogP contribution in [0.5, 0.6) is 0 Å². The quantitative estimate of drug-likeness (QED) is 0.721. The summed E-state index contributed by atoms with van der Waals surface area (Å²) in [4.78, 5) is 18.1. The van der Waals surface area contributed by atoms with Crippen LogP contribution in [0.3, 0.4) is 0 Å². The van der Waals surface area contributed by atoms with Crippen LogP contribution in [0.4, 0.5) is 0 Å². The van der Waals surface area contributed by atoms with Crippen molar-refractivity contribution < 1.29 is 4.79 Å². The number of fused-ring (bicyclic) bond motifs is 3. The largest absolute Gasteiger partial charge is 0.357 e. The van der Waals surface area contributed by atoms with E-state index < -0.39 is 0 Å². The maximum atomic E-state index is 12.6. The summed E-state index contributed by atoms with van der Waals surface area (Å²) in [6.45, 7) is 2.42. The summed E-state index contributed by atoms with van der Waals surface area (Å²) in [5.41, 5.74) is 3.69. The Balaban J connectivity index is 1.44. The van der Waals surface area contributed by atoms with Gasteiger partial charge in [0, 0.05) is 66.0 Å². The first-order chi connectivity index (χ1) is 11.7. The second-order valence-corrected chi connectivity index (χ2v) is 7.19. The Morgan fingerprint density at radius 2 is 2.04 bits per heavy atom. The van der Waals surface area contributed by atoms with Crippen LogP contribution in [0.1, 0.15) is 24.1 Å². The molecule has 0 spiro atoms. The third-order valence-electron chi connectivity index (χ3n) is 4.79. The van der Waals surface area contributed by atoms with E-state index >= 15 is 0 Å². The SMILES string of the molecule is O=C(CCCn1cccc1)N1CCc2[nH]c3c(Br)cccc3c2C1. The Hall–Kier alpha value is -2.01. The number of amides is 1. The van der Waals surface area contributed by atoms with Crippen molar-refractivity contribution in [3.8, 4) is 0 Å². The molecule has 0 atom stereocenters. The number of nitrogens with zero attached hydrogens (tertiary/aromatic N) is 2.